The van der Waals surface area contributed by atoms with E-state index in [1.165, 1.54) is 18.5 Å². The van der Waals surface area contributed by atoms with Crippen LogP contribution in [0.25, 0.3) is 6.08 Å². The van der Waals surface area contributed by atoms with E-state index in [1.54, 1.807) is 11.0 Å². The van der Waals surface area contributed by atoms with Crippen molar-refractivity contribution in [2.45, 2.75) is 6.42 Å². The number of rotatable bonds is 3. The first-order valence-corrected chi connectivity index (χ1v) is 6.40. The number of aromatic nitrogens is 1. The number of carboxylic acids is 1. The van der Waals surface area contributed by atoms with Gasteiger partial charge in [-0.1, -0.05) is 0 Å². The number of aliphatic carboxylic acids is 1. The molecule has 2 rings (SSSR count). The van der Waals surface area contributed by atoms with Crippen LogP contribution in [-0.4, -0.2) is 53.2 Å². The van der Waals surface area contributed by atoms with E-state index in [-0.39, 0.29) is 5.91 Å². The molecule has 106 valence electrons. The molecule has 1 amide bonds. The van der Waals surface area contributed by atoms with Gasteiger partial charge in [0.2, 0.25) is 0 Å². The molecule has 1 fully saturated rings. The standard InChI is InChI=1S/C14H16N2O4/c17-13(18)3-2-11-10-15-5-4-12(11)14(19)16-6-1-8-20-9-7-16/h2-5,10H,1,6-9H2,(H,17,18). The second-order valence-corrected chi connectivity index (χ2v) is 4.39. The van der Waals surface area contributed by atoms with E-state index >= 15 is 0 Å². The summed E-state index contributed by atoms with van der Waals surface area (Å²) in [6.45, 7) is 2.37. The minimum Gasteiger partial charge on any atom is -0.478 e. The van der Waals surface area contributed by atoms with Crippen molar-refractivity contribution in [1.29, 1.82) is 0 Å². The van der Waals surface area contributed by atoms with Crippen molar-refractivity contribution >= 4 is 18.0 Å². The molecule has 1 aromatic rings. The number of carbonyl (C=O) groups is 2. The third kappa shape index (κ3) is 3.64. The number of carboxylic acid groups (broad SMARTS) is 1. The molecule has 0 spiro atoms. The SMILES string of the molecule is O=C(O)C=Cc1cnccc1C(=O)N1CCCOCC1. The number of carbonyl (C=O) groups excluding carboxylic acids is 1. The molecule has 0 radical (unpaired) electrons. The molecule has 0 bridgehead atoms. The maximum atomic E-state index is 12.5. The first-order valence-electron chi connectivity index (χ1n) is 6.40. The molecule has 0 aromatic carbocycles. The van der Waals surface area contributed by atoms with Gasteiger partial charge in [0, 0.05) is 49.3 Å². The molecule has 1 aliphatic heterocycles. The van der Waals surface area contributed by atoms with E-state index in [0.29, 0.717) is 37.4 Å². The Hall–Kier alpha value is -2.21. The Labute approximate surface area is 116 Å². The molecule has 0 aliphatic carbocycles. The smallest absolute Gasteiger partial charge is 0.328 e. The molecule has 0 unspecified atom stereocenters. The Kier molecular flexibility index (Phi) is 4.84. The van der Waals surface area contributed by atoms with Crippen molar-refractivity contribution in [1.82, 2.24) is 9.88 Å². The van der Waals surface area contributed by atoms with E-state index in [9.17, 15) is 9.59 Å². The lowest BCUT2D eigenvalue weighted by molar-refractivity contribution is -0.131. The summed E-state index contributed by atoms with van der Waals surface area (Å²) in [4.78, 5) is 28.7. The lowest BCUT2D eigenvalue weighted by atomic mass is 10.1. The lowest BCUT2D eigenvalue weighted by Gasteiger charge is -2.20. The molecule has 1 N–H and O–H groups in total. The van der Waals surface area contributed by atoms with Gasteiger partial charge in [-0.3, -0.25) is 9.78 Å². The highest BCUT2D eigenvalue weighted by atomic mass is 16.5. The maximum absolute atomic E-state index is 12.5. The van der Waals surface area contributed by atoms with Crippen LogP contribution in [0.15, 0.2) is 24.5 Å². The number of nitrogens with zero attached hydrogens (tertiary/aromatic N) is 2. The molecule has 0 atom stereocenters. The number of hydrogen-bond acceptors (Lipinski definition) is 4. The molecular weight excluding hydrogens is 260 g/mol. The zero-order valence-electron chi connectivity index (χ0n) is 11.0. The van der Waals surface area contributed by atoms with E-state index in [4.69, 9.17) is 9.84 Å². The summed E-state index contributed by atoms with van der Waals surface area (Å²) in [7, 11) is 0. The van der Waals surface area contributed by atoms with E-state index < -0.39 is 5.97 Å². The monoisotopic (exact) mass is 276 g/mol. The topological polar surface area (TPSA) is 79.7 Å². The van der Waals surface area contributed by atoms with Crippen molar-refractivity contribution in [2.24, 2.45) is 0 Å². The number of ether oxygens (including phenoxy) is 1. The number of pyridine rings is 1. The average Bonchev–Trinajstić information content (AvgIpc) is 2.73. The van der Waals surface area contributed by atoms with Gasteiger partial charge in [0.15, 0.2) is 0 Å². The van der Waals surface area contributed by atoms with Crippen LogP contribution in [0.5, 0.6) is 0 Å². The predicted molar refractivity (Wildman–Crippen MR) is 72.2 cm³/mol. The number of hydrogen-bond donors (Lipinski definition) is 1. The zero-order valence-corrected chi connectivity index (χ0v) is 11.0. The normalized spacial score (nSPS) is 16.1. The lowest BCUT2D eigenvalue weighted by Crippen LogP contribution is -2.33. The molecule has 20 heavy (non-hydrogen) atoms. The summed E-state index contributed by atoms with van der Waals surface area (Å²) < 4.78 is 5.32. The Morgan fingerprint density at radius 3 is 3.00 bits per heavy atom. The largest absolute Gasteiger partial charge is 0.478 e. The van der Waals surface area contributed by atoms with Gasteiger partial charge < -0.3 is 14.7 Å². The summed E-state index contributed by atoms with van der Waals surface area (Å²) in [6, 6.07) is 1.61. The van der Waals surface area contributed by atoms with Crippen LogP contribution >= 0.6 is 0 Å². The highest BCUT2D eigenvalue weighted by Gasteiger charge is 2.19. The number of amides is 1. The summed E-state index contributed by atoms with van der Waals surface area (Å²) >= 11 is 0. The van der Waals surface area contributed by atoms with Gasteiger partial charge >= 0.3 is 5.97 Å². The minimum atomic E-state index is -1.06. The van der Waals surface area contributed by atoms with E-state index in [1.807, 2.05) is 0 Å². The molecule has 1 aromatic heterocycles. The second-order valence-electron chi connectivity index (χ2n) is 4.39. The third-order valence-corrected chi connectivity index (χ3v) is 3.00. The molecule has 1 saturated heterocycles. The summed E-state index contributed by atoms with van der Waals surface area (Å²) in [5, 5.41) is 8.67. The molecular formula is C14H16N2O4. The van der Waals surface area contributed by atoms with Crippen molar-refractivity contribution in [2.75, 3.05) is 26.3 Å². The van der Waals surface area contributed by atoms with Gasteiger partial charge in [-0.2, -0.15) is 0 Å². The van der Waals surface area contributed by atoms with Gasteiger partial charge in [0.1, 0.15) is 0 Å². The minimum absolute atomic E-state index is 0.122. The molecule has 1 aliphatic rings. The van der Waals surface area contributed by atoms with Crippen LogP contribution in [-0.2, 0) is 9.53 Å². The van der Waals surface area contributed by atoms with Crippen molar-refractivity contribution in [3.8, 4) is 0 Å². The van der Waals surface area contributed by atoms with Gasteiger partial charge in [-0.25, -0.2) is 4.79 Å². The Morgan fingerprint density at radius 1 is 1.35 bits per heavy atom. The second kappa shape index (κ2) is 6.81. The highest BCUT2D eigenvalue weighted by molar-refractivity contribution is 5.98. The van der Waals surface area contributed by atoms with E-state index in [2.05, 4.69) is 4.98 Å². The zero-order chi connectivity index (χ0) is 14.4. The Morgan fingerprint density at radius 2 is 2.20 bits per heavy atom. The first-order chi connectivity index (χ1) is 9.68. The summed E-state index contributed by atoms with van der Waals surface area (Å²) in [5.41, 5.74) is 0.962. The Balaban J connectivity index is 2.22. The maximum Gasteiger partial charge on any atom is 0.328 e. The summed E-state index contributed by atoms with van der Waals surface area (Å²) in [6.07, 6.45) is 6.20. The van der Waals surface area contributed by atoms with Gasteiger partial charge in [0.25, 0.3) is 5.91 Å². The molecule has 2 heterocycles. The van der Waals surface area contributed by atoms with Crippen molar-refractivity contribution < 1.29 is 19.4 Å². The highest BCUT2D eigenvalue weighted by Crippen LogP contribution is 2.13. The van der Waals surface area contributed by atoms with Crippen LogP contribution in [0.4, 0.5) is 0 Å². The van der Waals surface area contributed by atoms with Gasteiger partial charge in [-0.05, 0) is 18.6 Å². The van der Waals surface area contributed by atoms with Crippen LogP contribution in [0.2, 0.25) is 0 Å². The predicted octanol–water partition coefficient (Wildman–Crippen LogP) is 1.04. The fraction of sp³-hybridized carbons (Fsp3) is 0.357. The van der Waals surface area contributed by atoms with Crippen LogP contribution in [0, 0.1) is 0 Å². The van der Waals surface area contributed by atoms with Crippen LogP contribution in [0.3, 0.4) is 0 Å². The van der Waals surface area contributed by atoms with Crippen molar-refractivity contribution in [3.05, 3.63) is 35.7 Å². The molecule has 0 saturated carbocycles. The summed E-state index contributed by atoms with van der Waals surface area (Å²) in [5.74, 6) is -1.18. The van der Waals surface area contributed by atoms with Gasteiger partial charge in [0.05, 0.1) is 6.61 Å². The van der Waals surface area contributed by atoms with Crippen molar-refractivity contribution in [3.63, 3.8) is 0 Å². The quantitative estimate of drug-likeness (QED) is 0.834. The first kappa shape index (κ1) is 14.2. The van der Waals surface area contributed by atoms with E-state index in [0.717, 1.165) is 12.5 Å². The fourth-order valence-corrected chi connectivity index (χ4v) is 2.01. The average molecular weight is 276 g/mol. The Bertz CT molecular complexity index is 520. The third-order valence-electron chi connectivity index (χ3n) is 3.00. The molecule has 6 nitrogen and oxygen atoms in total. The van der Waals surface area contributed by atoms with Crippen LogP contribution < -0.4 is 0 Å². The fourth-order valence-electron chi connectivity index (χ4n) is 2.01. The van der Waals surface area contributed by atoms with Gasteiger partial charge in [-0.15, -0.1) is 0 Å². The molecule has 6 heteroatoms. The van der Waals surface area contributed by atoms with Crippen LogP contribution in [0.1, 0.15) is 22.3 Å².